The summed E-state index contributed by atoms with van der Waals surface area (Å²) in [4.78, 5) is 0. The molecule has 0 saturated heterocycles. The van der Waals surface area contributed by atoms with E-state index in [1.54, 1.807) is 6.07 Å². The number of benzene rings is 2. The van der Waals surface area contributed by atoms with Crippen LogP contribution in [0.15, 0.2) is 52.9 Å². The normalized spacial score (nSPS) is 10.7. The average Bonchev–Trinajstić information content (AvgIpc) is 2.92. The molecule has 1 aromatic heterocycles. The molecule has 5 heteroatoms. The van der Waals surface area contributed by atoms with Gasteiger partial charge in [-0.3, -0.25) is 0 Å². The molecule has 0 saturated carbocycles. The maximum atomic E-state index is 13.0. The maximum Gasteiger partial charge on any atom is 0.247 e. The Morgan fingerprint density at radius 3 is 2.60 bits per heavy atom. The van der Waals surface area contributed by atoms with E-state index in [1.807, 2.05) is 30.3 Å². The Morgan fingerprint density at radius 2 is 1.85 bits per heavy atom. The molecule has 3 rings (SSSR count). The second kappa shape index (κ2) is 5.43. The molecule has 20 heavy (non-hydrogen) atoms. The van der Waals surface area contributed by atoms with E-state index in [0.29, 0.717) is 23.2 Å². The van der Waals surface area contributed by atoms with Crippen LogP contribution < -0.4 is 0 Å². The minimum Gasteiger partial charge on any atom is -0.420 e. The van der Waals surface area contributed by atoms with E-state index in [2.05, 4.69) is 10.2 Å². The van der Waals surface area contributed by atoms with Crippen molar-refractivity contribution in [2.45, 2.75) is 6.42 Å². The van der Waals surface area contributed by atoms with E-state index in [4.69, 9.17) is 16.0 Å². The highest BCUT2D eigenvalue weighted by atomic mass is 35.5. The minimum atomic E-state index is -0.366. The fourth-order valence-electron chi connectivity index (χ4n) is 1.85. The van der Waals surface area contributed by atoms with Crippen LogP contribution in [0.4, 0.5) is 4.39 Å². The van der Waals surface area contributed by atoms with Gasteiger partial charge in [0, 0.05) is 10.6 Å². The number of aromatic nitrogens is 2. The first kappa shape index (κ1) is 12.8. The van der Waals surface area contributed by atoms with Gasteiger partial charge in [0.25, 0.3) is 0 Å². The summed E-state index contributed by atoms with van der Waals surface area (Å²) in [7, 11) is 0. The predicted molar refractivity (Wildman–Crippen MR) is 74.0 cm³/mol. The Kier molecular flexibility index (Phi) is 3.48. The van der Waals surface area contributed by atoms with Crippen LogP contribution in [0.5, 0.6) is 0 Å². The SMILES string of the molecule is Fc1ccc(Cc2nnc(-c3ccccc3)o2)c(Cl)c1. The van der Waals surface area contributed by atoms with Crippen molar-refractivity contribution in [3.8, 4) is 11.5 Å². The Bertz CT molecular complexity index is 728. The molecule has 2 aromatic carbocycles. The Labute approximate surface area is 120 Å². The van der Waals surface area contributed by atoms with Crippen LogP contribution >= 0.6 is 11.6 Å². The predicted octanol–water partition coefficient (Wildman–Crippen LogP) is 4.12. The second-order valence-corrected chi connectivity index (χ2v) is 4.69. The summed E-state index contributed by atoms with van der Waals surface area (Å²) < 4.78 is 18.6. The second-order valence-electron chi connectivity index (χ2n) is 4.28. The molecule has 0 aliphatic rings. The molecule has 0 N–H and O–H groups in total. The van der Waals surface area contributed by atoms with Crippen LogP contribution in [-0.2, 0) is 6.42 Å². The number of hydrogen-bond acceptors (Lipinski definition) is 3. The van der Waals surface area contributed by atoms with Crippen molar-refractivity contribution >= 4 is 11.6 Å². The van der Waals surface area contributed by atoms with Gasteiger partial charge in [-0.15, -0.1) is 10.2 Å². The molecule has 0 amide bonds. The summed E-state index contributed by atoms with van der Waals surface area (Å²) in [6.45, 7) is 0. The summed E-state index contributed by atoms with van der Waals surface area (Å²) in [5, 5.41) is 8.33. The van der Waals surface area contributed by atoms with Crippen LogP contribution in [0.1, 0.15) is 11.5 Å². The highest BCUT2D eigenvalue weighted by molar-refractivity contribution is 6.31. The van der Waals surface area contributed by atoms with Gasteiger partial charge in [-0.2, -0.15) is 0 Å². The van der Waals surface area contributed by atoms with Crippen LogP contribution in [0.3, 0.4) is 0 Å². The Balaban J connectivity index is 1.84. The third-order valence-corrected chi connectivity index (χ3v) is 3.20. The largest absolute Gasteiger partial charge is 0.420 e. The molecular weight excluding hydrogens is 279 g/mol. The van der Waals surface area contributed by atoms with Gasteiger partial charge in [0.15, 0.2) is 0 Å². The molecule has 3 nitrogen and oxygen atoms in total. The van der Waals surface area contributed by atoms with Crippen molar-refractivity contribution in [2.24, 2.45) is 0 Å². The van der Waals surface area contributed by atoms with Gasteiger partial charge >= 0.3 is 0 Å². The van der Waals surface area contributed by atoms with Gasteiger partial charge < -0.3 is 4.42 Å². The lowest BCUT2D eigenvalue weighted by molar-refractivity contribution is 0.518. The molecule has 0 radical (unpaired) electrons. The fraction of sp³-hybridized carbons (Fsp3) is 0.0667. The quantitative estimate of drug-likeness (QED) is 0.728. The number of rotatable bonds is 3. The van der Waals surface area contributed by atoms with Crippen LogP contribution in [0.25, 0.3) is 11.5 Å². The van der Waals surface area contributed by atoms with Gasteiger partial charge in [-0.1, -0.05) is 35.9 Å². The summed E-state index contributed by atoms with van der Waals surface area (Å²) in [5.41, 5.74) is 1.60. The molecular formula is C15H10ClFN2O. The van der Waals surface area contributed by atoms with Gasteiger partial charge in [-0.05, 0) is 29.8 Å². The molecule has 0 aliphatic heterocycles. The lowest BCUT2D eigenvalue weighted by Gasteiger charge is -2.00. The first-order chi connectivity index (χ1) is 9.72. The van der Waals surface area contributed by atoms with E-state index < -0.39 is 0 Å². The van der Waals surface area contributed by atoms with Crippen molar-refractivity contribution in [2.75, 3.05) is 0 Å². The molecule has 0 aliphatic carbocycles. The molecule has 0 atom stereocenters. The van der Waals surface area contributed by atoms with Crippen molar-refractivity contribution in [1.29, 1.82) is 0 Å². The monoisotopic (exact) mass is 288 g/mol. The fourth-order valence-corrected chi connectivity index (χ4v) is 2.08. The van der Waals surface area contributed by atoms with Gasteiger partial charge in [-0.25, -0.2) is 4.39 Å². The van der Waals surface area contributed by atoms with Gasteiger partial charge in [0.05, 0.1) is 6.42 Å². The molecule has 0 bridgehead atoms. The average molecular weight is 289 g/mol. The van der Waals surface area contributed by atoms with Crippen molar-refractivity contribution in [3.63, 3.8) is 0 Å². The summed E-state index contributed by atoms with van der Waals surface area (Å²) in [6.07, 6.45) is 0.374. The van der Waals surface area contributed by atoms with Crippen molar-refractivity contribution < 1.29 is 8.81 Å². The van der Waals surface area contributed by atoms with Crippen molar-refractivity contribution in [1.82, 2.24) is 10.2 Å². The minimum absolute atomic E-state index is 0.351. The third kappa shape index (κ3) is 2.70. The number of halogens is 2. The van der Waals surface area contributed by atoms with Crippen LogP contribution in [-0.4, -0.2) is 10.2 Å². The first-order valence-electron chi connectivity index (χ1n) is 6.04. The molecule has 100 valence electrons. The smallest absolute Gasteiger partial charge is 0.247 e. The van der Waals surface area contributed by atoms with E-state index in [-0.39, 0.29) is 5.82 Å². The third-order valence-electron chi connectivity index (χ3n) is 2.84. The number of hydrogen-bond donors (Lipinski definition) is 0. The summed E-state index contributed by atoms with van der Waals surface area (Å²) in [5.74, 6) is 0.533. The lowest BCUT2D eigenvalue weighted by Crippen LogP contribution is -1.90. The highest BCUT2D eigenvalue weighted by Gasteiger charge is 2.11. The van der Waals surface area contributed by atoms with E-state index in [9.17, 15) is 4.39 Å². The topological polar surface area (TPSA) is 38.9 Å². The van der Waals surface area contributed by atoms with Crippen LogP contribution in [0, 0.1) is 5.82 Å². The lowest BCUT2D eigenvalue weighted by atomic mass is 10.1. The maximum absolute atomic E-state index is 13.0. The summed E-state index contributed by atoms with van der Waals surface area (Å²) in [6, 6.07) is 13.7. The van der Waals surface area contributed by atoms with E-state index >= 15 is 0 Å². The van der Waals surface area contributed by atoms with E-state index in [1.165, 1.54) is 12.1 Å². The molecule has 0 fully saturated rings. The zero-order valence-corrected chi connectivity index (χ0v) is 11.1. The molecule has 0 spiro atoms. The number of nitrogens with zero attached hydrogens (tertiary/aromatic N) is 2. The van der Waals surface area contributed by atoms with Crippen molar-refractivity contribution in [3.05, 3.63) is 70.8 Å². The van der Waals surface area contributed by atoms with Gasteiger partial charge in [0.2, 0.25) is 11.8 Å². The van der Waals surface area contributed by atoms with E-state index in [0.717, 1.165) is 11.1 Å². The Morgan fingerprint density at radius 1 is 1.05 bits per heavy atom. The highest BCUT2D eigenvalue weighted by Crippen LogP contribution is 2.22. The Hall–Kier alpha value is -2.20. The summed E-state index contributed by atoms with van der Waals surface area (Å²) >= 11 is 5.97. The molecule has 0 unspecified atom stereocenters. The zero-order valence-electron chi connectivity index (χ0n) is 10.4. The molecule has 3 aromatic rings. The zero-order chi connectivity index (χ0) is 13.9. The first-order valence-corrected chi connectivity index (χ1v) is 6.42. The van der Waals surface area contributed by atoms with Crippen LogP contribution in [0.2, 0.25) is 5.02 Å². The molecule has 1 heterocycles. The van der Waals surface area contributed by atoms with Gasteiger partial charge in [0.1, 0.15) is 5.82 Å². The standard InChI is InChI=1S/C15H10ClFN2O/c16-13-9-12(17)7-6-11(13)8-14-18-19-15(20-14)10-4-2-1-3-5-10/h1-7,9H,8H2.